The number of ether oxygens (including phenoxy) is 2. The zero-order chi connectivity index (χ0) is 21.6. The molecular weight excluding hydrogens is 404 g/mol. The lowest BCUT2D eigenvalue weighted by atomic mass is 10.2. The van der Waals surface area contributed by atoms with E-state index in [2.05, 4.69) is 10.2 Å². The highest BCUT2D eigenvalue weighted by atomic mass is 35.5. The van der Waals surface area contributed by atoms with Gasteiger partial charge in [-0.25, -0.2) is 4.42 Å². The van der Waals surface area contributed by atoms with Crippen molar-refractivity contribution in [1.82, 2.24) is 0 Å². The minimum atomic E-state index is -1.59. The van der Waals surface area contributed by atoms with Crippen molar-refractivity contribution in [2.24, 2.45) is 10.2 Å². The van der Waals surface area contributed by atoms with Crippen molar-refractivity contribution < 1.29 is 24.0 Å². The number of halogens is 1. The molecule has 0 N–H and O–H groups in total. The zero-order valence-corrected chi connectivity index (χ0v) is 16.5. The number of ketones is 1. The number of hydrogen-bond acceptors (Lipinski definition) is 8. The number of hydrogen-bond donors (Lipinski definition) is 0. The Morgan fingerprint density at radius 2 is 1.72 bits per heavy atom. The lowest BCUT2D eigenvalue weighted by molar-refractivity contribution is -0.384. The van der Waals surface area contributed by atoms with Crippen molar-refractivity contribution in [3.63, 3.8) is 0 Å². The second kappa shape index (κ2) is 9.60. The van der Waals surface area contributed by atoms with Gasteiger partial charge in [-0.2, -0.15) is 5.11 Å². The number of azo groups is 1. The molecule has 1 unspecified atom stereocenters. The third-order valence-electron chi connectivity index (χ3n) is 3.73. The van der Waals surface area contributed by atoms with Crippen molar-refractivity contribution in [2.45, 2.75) is 13.0 Å². The van der Waals surface area contributed by atoms with Crippen LogP contribution in [0.1, 0.15) is 6.92 Å². The van der Waals surface area contributed by atoms with Gasteiger partial charge in [-0.15, -0.1) is 5.11 Å². The second-order valence-electron chi connectivity index (χ2n) is 5.66. The molecule has 29 heavy (non-hydrogen) atoms. The predicted molar refractivity (Wildman–Crippen MR) is 105 cm³/mol. The highest BCUT2D eigenvalue weighted by Crippen LogP contribution is 2.31. The molecule has 0 spiro atoms. The van der Waals surface area contributed by atoms with Gasteiger partial charge in [0.05, 0.1) is 24.8 Å². The van der Waals surface area contributed by atoms with E-state index in [1.54, 1.807) is 6.07 Å². The van der Waals surface area contributed by atoms with E-state index >= 15 is 0 Å². The summed E-state index contributed by atoms with van der Waals surface area (Å²) in [5.41, 5.74) is -0.230. The van der Waals surface area contributed by atoms with Crippen LogP contribution in [0.3, 0.4) is 0 Å². The van der Waals surface area contributed by atoms with Crippen LogP contribution in [0, 0.1) is 10.1 Å². The summed E-state index contributed by atoms with van der Waals surface area (Å²) >= 11 is 6.13. The van der Waals surface area contributed by atoms with Gasteiger partial charge in [0.15, 0.2) is 11.5 Å². The summed E-state index contributed by atoms with van der Waals surface area (Å²) in [7, 11) is 2.86. The van der Waals surface area contributed by atoms with Crippen LogP contribution in [-0.2, 0) is 9.59 Å². The van der Waals surface area contributed by atoms with E-state index in [4.69, 9.17) is 21.3 Å². The van der Waals surface area contributed by atoms with Crippen molar-refractivity contribution in [3.8, 4) is 11.5 Å². The topological polar surface area (TPSA) is 124 Å². The number of para-hydroxylation sites is 1. The molecule has 0 aliphatic rings. The molecule has 2 aromatic rings. The van der Waals surface area contributed by atoms with Crippen molar-refractivity contribution >= 4 is 40.5 Å². The Balaban J connectivity index is 2.35. The number of amides is 1. The summed E-state index contributed by atoms with van der Waals surface area (Å²) in [4.78, 5) is 35.1. The number of nitrogens with zero attached hydrogens (tertiary/aromatic N) is 4. The molecule has 0 heterocycles. The predicted octanol–water partition coefficient (Wildman–Crippen LogP) is 3.84. The zero-order valence-electron chi connectivity index (χ0n) is 15.7. The van der Waals surface area contributed by atoms with Crippen LogP contribution in [0.4, 0.5) is 17.1 Å². The average molecular weight is 421 g/mol. The summed E-state index contributed by atoms with van der Waals surface area (Å²) in [6.07, 6.45) is 0. The molecule has 0 radical (unpaired) electrons. The summed E-state index contributed by atoms with van der Waals surface area (Å²) in [5.74, 6) is -0.785. The lowest BCUT2D eigenvalue weighted by Crippen LogP contribution is -2.36. The van der Waals surface area contributed by atoms with Gasteiger partial charge in [0.25, 0.3) is 11.6 Å². The van der Waals surface area contributed by atoms with E-state index in [0.717, 1.165) is 6.92 Å². The van der Waals surface area contributed by atoms with Crippen LogP contribution in [-0.4, -0.2) is 36.9 Å². The van der Waals surface area contributed by atoms with Gasteiger partial charge in [0.2, 0.25) is 6.04 Å². The van der Waals surface area contributed by atoms with Crippen LogP contribution in [0.15, 0.2) is 52.7 Å². The average Bonchev–Trinajstić information content (AvgIpc) is 2.72. The first-order valence-electron chi connectivity index (χ1n) is 8.16. The maximum Gasteiger partial charge on any atom is 0.296 e. The number of rotatable bonds is 8. The monoisotopic (exact) mass is 420 g/mol. The first kappa shape index (κ1) is 21.8. The Hall–Kier alpha value is -3.53. The minimum absolute atomic E-state index is 0.0966. The first-order valence-corrected chi connectivity index (χ1v) is 8.49. The highest BCUT2D eigenvalue weighted by molar-refractivity contribution is 6.39. The van der Waals surface area contributed by atoms with Crippen LogP contribution >= 0.6 is 11.8 Å². The molecule has 10 nitrogen and oxygen atoms in total. The van der Waals surface area contributed by atoms with Crippen LogP contribution in [0.5, 0.6) is 11.5 Å². The lowest BCUT2D eigenvalue weighted by Gasteiger charge is -2.18. The second-order valence-corrected chi connectivity index (χ2v) is 6.00. The normalized spacial score (nSPS) is 11.7. The van der Waals surface area contributed by atoms with E-state index in [9.17, 15) is 19.7 Å². The summed E-state index contributed by atoms with van der Waals surface area (Å²) in [6.45, 7) is 1.14. The number of benzene rings is 2. The molecule has 2 rings (SSSR count). The smallest absolute Gasteiger partial charge is 0.296 e. The van der Waals surface area contributed by atoms with Crippen LogP contribution in [0.2, 0.25) is 0 Å². The summed E-state index contributed by atoms with van der Waals surface area (Å²) < 4.78 is 10.9. The first-order chi connectivity index (χ1) is 13.8. The van der Waals surface area contributed by atoms with E-state index < -0.39 is 22.7 Å². The maximum atomic E-state index is 12.7. The number of nitro groups is 1. The van der Waals surface area contributed by atoms with Crippen LogP contribution in [0.25, 0.3) is 0 Å². The van der Waals surface area contributed by atoms with Gasteiger partial charge in [-0.1, -0.05) is 12.1 Å². The maximum absolute atomic E-state index is 12.7. The van der Waals surface area contributed by atoms with E-state index in [-0.39, 0.29) is 17.1 Å². The van der Waals surface area contributed by atoms with Gasteiger partial charge in [0, 0.05) is 36.0 Å². The highest BCUT2D eigenvalue weighted by Gasteiger charge is 2.29. The standard InChI is InChI=1S/C18H17ClN4O6/c1-11(24)17(21-20-15-6-4-5-7-16(15)23(26)27)18(25)22(19)12-8-13(28-2)10-14(9-12)29-3/h4-10,17H,1-3H3. The molecule has 11 heteroatoms. The summed E-state index contributed by atoms with van der Waals surface area (Å²) in [6, 6.07) is 8.46. The Morgan fingerprint density at radius 1 is 1.14 bits per heavy atom. The van der Waals surface area contributed by atoms with Gasteiger partial charge in [-0.3, -0.25) is 19.7 Å². The Kier molecular flexibility index (Phi) is 7.21. The quantitative estimate of drug-likeness (QED) is 0.210. The molecule has 0 aliphatic carbocycles. The SMILES string of the molecule is COc1cc(OC)cc(N(Cl)C(=O)C(N=Nc2ccccc2[N+](=O)[O-])C(C)=O)c1. The number of carbonyl (C=O) groups is 2. The van der Waals surface area contributed by atoms with Gasteiger partial charge in [-0.05, 0) is 13.0 Å². The molecule has 0 saturated heterocycles. The van der Waals surface area contributed by atoms with E-state index in [1.807, 2.05) is 0 Å². The minimum Gasteiger partial charge on any atom is -0.497 e. The molecule has 2 aromatic carbocycles. The largest absolute Gasteiger partial charge is 0.497 e. The number of carbonyl (C=O) groups excluding carboxylic acids is 2. The van der Waals surface area contributed by atoms with Crippen molar-refractivity contribution in [3.05, 3.63) is 52.6 Å². The molecule has 0 aromatic heterocycles. The Morgan fingerprint density at radius 3 is 2.24 bits per heavy atom. The number of anilines is 1. The molecular formula is C18H17ClN4O6. The van der Waals surface area contributed by atoms with Gasteiger partial charge < -0.3 is 9.47 Å². The molecule has 0 bridgehead atoms. The third kappa shape index (κ3) is 5.26. The van der Waals surface area contributed by atoms with Crippen LogP contribution < -0.4 is 13.9 Å². The Bertz CT molecular complexity index is 943. The molecule has 1 amide bonds. The molecule has 0 fully saturated rings. The van der Waals surface area contributed by atoms with E-state index in [1.165, 1.54) is 50.6 Å². The fourth-order valence-electron chi connectivity index (χ4n) is 2.27. The molecule has 0 aliphatic heterocycles. The van der Waals surface area contributed by atoms with Crippen molar-refractivity contribution in [1.29, 1.82) is 0 Å². The number of Topliss-reactive ketones (excluding diaryl/α,β-unsaturated/α-hetero) is 1. The fraction of sp³-hybridized carbons (Fsp3) is 0.222. The number of nitro benzene ring substituents is 1. The molecule has 0 saturated carbocycles. The Labute approximate surface area is 171 Å². The molecule has 1 atom stereocenters. The number of methoxy groups -OCH3 is 2. The fourth-order valence-corrected chi connectivity index (χ4v) is 2.46. The molecule has 152 valence electrons. The van der Waals surface area contributed by atoms with Crippen molar-refractivity contribution in [2.75, 3.05) is 18.6 Å². The van der Waals surface area contributed by atoms with E-state index in [0.29, 0.717) is 15.9 Å². The third-order valence-corrected chi connectivity index (χ3v) is 4.10. The summed E-state index contributed by atoms with van der Waals surface area (Å²) in [5, 5.41) is 18.5. The van der Waals surface area contributed by atoms with Gasteiger partial charge >= 0.3 is 0 Å². The van der Waals surface area contributed by atoms with Gasteiger partial charge in [0.1, 0.15) is 11.5 Å².